The number of rotatable bonds is 5. The van der Waals surface area contributed by atoms with Gasteiger partial charge in [-0.15, -0.1) is 16.7 Å². The number of nitrogen functional groups attached to an aromatic ring is 1. The number of nitrogens with two attached hydrogens (primary N) is 1. The summed E-state index contributed by atoms with van der Waals surface area (Å²) in [5.74, 6) is 0.709. The molecule has 2 rings (SSSR count). The first-order chi connectivity index (χ1) is 8.70. The summed E-state index contributed by atoms with van der Waals surface area (Å²) in [5.41, 5.74) is 4.56. The second-order valence-corrected chi connectivity index (χ2v) is 4.52. The molecule has 0 aliphatic carbocycles. The van der Waals surface area contributed by atoms with Gasteiger partial charge in [-0.2, -0.15) is 14.9 Å². The molecule has 1 saturated heterocycles. The zero-order valence-corrected chi connectivity index (χ0v) is 9.91. The van der Waals surface area contributed by atoms with E-state index in [4.69, 9.17) is 10.5 Å². The maximum absolute atomic E-state index is 11.6. The van der Waals surface area contributed by atoms with Gasteiger partial charge in [0.25, 0.3) is 0 Å². The fourth-order valence-corrected chi connectivity index (χ4v) is 2.41. The second kappa shape index (κ2) is 5.80. The Balaban J connectivity index is 1.95. The van der Waals surface area contributed by atoms with E-state index in [0.717, 1.165) is 0 Å². The van der Waals surface area contributed by atoms with Crippen LogP contribution in [0.5, 0.6) is 0 Å². The fraction of sp³-hybridized carbons (Fsp3) is 0.500. The molecule has 0 aromatic carbocycles. The highest BCUT2D eigenvalue weighted by atomic mass is 32.2. The largest absolute Gasteiger partial charge is 0.383 e. The fourth-order valence-electron chi connectivity index (χ4n) is 1.43. The summed E-state index contributed by atoms with van der Waals surface area (Å²) in [5, 5.41) is 2.08. The van der Waals surface area contributed by atoms with Crippen LogP contribution in [0.4, 0.5) is 5.82 Å². The molecule has 2 atom stereocenters. The number of thioether (sulfide) groups is 1. The molecule has 2 N–H and O–H groups in total. The van der Waals surface area contributed by atoms with Crippen LogP contribution in [0.25, 0.3) is 0 Å². The van der Waals surface area contributed by atoms with Crippen molar-refractivity contribution in [2.24, 2.45) is 5.34 Å². The first-order valence-electron chi connectivity index (χ1n) is 4.93. The standard InChI is InChI=1S/C8H10N4O5S/c9-5-1-2-12(8(13)10-5)6-4-18-7(16-6)3-15-17-11-14/h1-2,6-7H,3-4H2,(H2,9,10,13)/t6-,7+/m1/s1. The van der Waals surface area contributed by atoms with Crippen molar-refractivity contribution in [1.29, 1.82) is 0 Å². The Kier molecular flexibility index (Phi) is 4.12. The monoisotopic (exact) mass is 274 g/mol. The van der Waals surface area contributed by atoms with Crippen molar-refractivity contribution in [3.05, 3.63) is 27.7 Å². The van der Waals surface area contributed by atoms with E-state index >= 15 is 0 Å². The molecule has 1 aliphatic heterocycles. The van der Waals surface area contributed by atoms with Crippen LogP contribution in [0, 0.1) is 4.91 Å². The van der Waals surface area contributed by atoms with Crippen LogP contribution in [0.3, 0.4) is 0 Å². The van der Waals surface area contributed by atoms with Gasteiger partial charge in [0.05, 0.1) is 0 Å². The minimum atomic E-state index is -0.479. The van der Waals surface area contributed by atoms with Gasteiger partial charge in [0.2, 0.25) is 0 Å². The van der Waals surface area contributed by atoms with E-state index in [2.05, 4.69) is 20.2 Å². The number of ether oxygens (including phenoxy) is 1. The number of hydrogen-bond acceptors (Lipinski definition) is 9. The van der Waals surface area contributed by atoms with Gasteiger partial charge in [-0.05, 0) is 6.07 Å². The Morgan fingerprint density at radius 2 is 2.56 bits per heavy atom. The van der Waals surface area contributed by atoms with E-state index in [1.165, 1.54) is 28.6 Å². The Labute approximate surface area is 105 Å². The number of hydrogen-bond donors (Lipinski definition) is 1. The molecule has 98 valence electrons. The van der Waals surface area contributed by atoms with E-state index in [9.17, 15) is 9.70 Å². The molecule has 0 unspecified atom stereocenters. The zero-order chi connectivity index (χ0) is 13.0. The molecular formula is C8H10N4O5S. The molecule has 1 fully saturated rings. The Hall–Kier alpha value is -1.65. The van der Waals surface area contributed by atoms with Gasteiger partial charge < -0.3 is 10.5 Å². The molecule has 0 saturated carbocycles. The van der Waals surface area contributed by atoms with Crippen LogP contribution >= 0.6 is 11.8 Å². The summed E-state index contributed by atoms with van der Waals surface area (Å²) in [7, 11) is 0. The van der Waals surface area contributed by atoms with Crippen LogP contribution in [0.15, 0.2) is 22.4 Å². The highest BCUT2D eigenvalue weighted by Gasteiger charge is 2.28. The smallest absolute Gasteiger partial charge is 0.351 e. The highest BCUT2D eigenvalue weighted by Crippen LogP contribution is 2.30. The van der Waals surface area contributed by atoms with Crippen molar-refractivity contribution < 1.29 is 14.6 Å². The topological polar surface area (TPSA) is 118 Å². The van der Waals surface area contributed by atoms with E-state index in [-0.39, 0.29) is 17.9 Å². The lowest BCUT2D eigenvalue weighted by molar-refractivity contribution is -0.305. The number of nitrogens with zero attached hydrogens (tertiary/aromatic N) is 3. The third-order valence-electron chi connectivity index (χ3n) is 2.18. The van der Waals surface area contributed by atoms with Gasteiger partial charge in [-0.25, -0.2) is 4.79 Å². The van der Waals surface area contributed by atoms with Gasteiger partial charge in [0.15, 0.2) is 5.34 Å². The molecule has 18 heavy (non-hydrogen) atoms. The number of anilines is 1. The third-order valence-corrected chi connectivity index (χ3v) is 3.28. The van der Waals surface area contributed by atoms with E-state index in [0.29, 0.717) is 5.75 Å². The Bertz CT molecular complexity index is 481. The summed E-state index contributed by atoms with van der Waals surface area (Å²) < 4.78 is 6.85. The molecule has 1 aromatic heterocycles. The predicted molar refractivity (Wildman–Crippen MR) is 62.1 cm³/mol. The first kappa shape index (κ1) is 12.8. The molecule has 10 heteroatoms. The summed E-state index contributed by atoms with van der Waals surface area (Å²) in [4.78, 5) is 33.1. The van der Waals surface area contributed by atoms with Crippen LogP contribution < -0.4 is 11.4 Å². The van der Waals surface area contributed by atoms with E-state index in [1.807, 2.05) is 0 Å². The van der Waals surface area contributed by atoms with Crippen molar-refractivity contribution in [1.82, 2.24) is 9.55 Å². The lowest BCUT2D eigenvalue weighted by atomic mass is 10.5. The molecule has 0 bridgehead atoms. The molecule has 0 spiro atoms. The van der Waals surface area contributed by atoms with E-state index < -0.39 is 11.9 Å². The normalized spacial score (nSPS) is 22.9. The third kappa shape index (κ3) is 2.97. The van der Waals surface area contributed by atoms with Crippen molar-refractivity contribution in [2.75, 3.05) is 18.1 Å². The molecule has 0 amide bonds. The van der Waals surface area contributed by atoms with Crippen LogP contribution in [-0.4, -0.2) is 27.3 Å². The molecule has 2 heterocycles. The lowest BCUT2D eigenvalue weighted by Gasteiger charge is -2.13. The van der Waals surface area contributed by atoms with Crippen LogP contribution in [0.1, 0.15) is 6.23 Å². The maximum Gasteiger partial charge on any atom is 0.351 e. The minimum Gasteiger partial charge on any atom is -0.383 e. The quantitative estimate of drug-likeness (QED) is 0.346. The van der Waals surface area contributed by atoms with Gasteiger partial charge in [-0.1, -0.05) is 0 Å². The Morgan fingerprint density at radius 1 is 1.72 bits per heavy atom. The van der Waals surface area contributed by atoms with Crippen LogP contribution in [0.2, 0.25) is 0 Å². The van der Waals surface area contributed by atoms with Crippen molar-refractivity contribution >= 4 is 17.6 Å². The van der Waals surface area contributed by atoms with Gasteiger partial charge in [0, 0.05) is 11.9 Å². The lowest BCUT2D eigenvalue weighted by Crippen LogP contribution is -2.28. The average Bonchev–Trinajstić information content (AvgIpc) is 2.78. The molecule has 1 aliphatic rings. The summed E-state index contributed by atoms with van der Waals surface area (Å²) in [6.07, 6.45) is 1.07. The van der Waals surface area contributed by atoms with Crippen molar-refractivity contribution in [3.63, 3.8) is 0 Å². The molecular weight excluding hydrogens is 264 g/mol. The predicted octanol–water partition coefficient (Wildman–Crippen LogP) is 0.0432. The summed E-state index contributed by atoms with van der Waals surface area (Å²) >= 11 is 1.42. The second-order valence-electron chi connectivity index (χ2n) is 3.33. The average molecular weight is 274 g/mol. The molecule has 1 aromatic rings. The maximum atomic E-state index is 11.6. The SMILES string of the molecule is Nc1ccn([C@H]2CS[C@@H](COON=O)O2)c(=O)n1. The van der Waals surface area contributed by atoms with Crippen molar-refractivity contribution in [3.8, 4) is 0 Å². The zero-order valence-electron chi connectivity index (χ0n) is 9.09. The first-order valence-corrected chi connectivity index (χ1v) is 5.98. The summed E-state index contributed by atoms with van der Waals surface area (Å²) in [6, 6.07) is 1.51. The highest BCUT2D eigenvalue weighted by molar-refractivity contribution is 8.00. The van der Waals surface area contributed by atoms with Crippen molar-refractivity contribution in [2.45, 2.75) is 11.7 Å². The van der Waals surface area contributed by atoms with Gasteiger partial charge in [0.1, 0.15) is 24.1 Å². The summed E-state index contributed by atoms with van der Waals surface area (Å²) in [6.45, 7) is 0.0318. The van der Waals surface area contributed by atoms with Crippen LogP contribution in [-0.2, 0) is 14.6 Å². The van der Waals surface area contributed by atoms with Gasteiger partial charge in [-0.3, -0.25) is 4.57 Å². The molecule has 9 nitrogen and oxygen atoms in total. The number of aromatic nitrogens is 2. The van der Waals surface area contributed by atoms with Gasteiger partial charge >= 0.3 is 5.69 Å². The minimum absolute atomic E-state index is 0.0318. The molecule has 0 radical (unpaired) electrons. The van der Waals surface area contributed by atoms with E-state index in [1.54, 1.807) is 0 Å². The Morgan fingerprint density at radius 3 is 3.28 bits per heavy atom.